The van der Waals surface area contributed by atoms with E-state index in [9.17, 15) is 4.79 Å². The fraction of sp³-hybridized carbons (Fsp3) is 0.0667. The van der Waals surface area contributed by atoms with Gasteiger partial charge in [-0.25, -0.2) is 0 Å². The number of para-hydroxylation sites is 1. The third kappa shape index (κ3) is 4.10. The molecule has 1 amide bonds. The SMILES string of the molecule is COc1ccc(C(=O)NC(=S)Nc2ccccc2Cl)cc1Cl. The quantitative estimate of drug-likeness (QED) is 0.813. The Morgan fingerprint density at radius 2 is 1.86 bits per heavy atom. The molecular formula is C15H12Cl2N2O2S. The molecule has 0 saturated heterocycles. The number of rotatable bonds is 3. The summed E-state index contributed by atoms with van der Waals surface area (Å²) in [6, 6.07) is 11.8. The van der Waals surface area contributed by atoms with Crippen molar-refractivity contribution < 1.29 is 9.53 Å². The predicted molar refractivity (Wildman–Crippen MR) is 93.1 cm³/mol. The van der Waals surface area contributed by atoms with Crippen LogP contribution < -0.4 is 15.4 Å². The Balaban J connectivity index is 2.04. The summed E-state index contributed by atoms with van der Waals surface area (Å²) in [4.78, 5) is 12.1. The molecule has 7 heteroatoms. The third-order valence-electron chi connectivity index (χ3n) is 2.76. The topological polar surface area (TPSA) is 50.4 Å². The summed E-state index contributed by atoms with van der Waals surface area (Å²) in [5.74, 6) is 0.115. The van der Waals surface area contributed by atoms with Crippen molar-refractivity contribution in [1.29, 1.82) is 0 Å². The van der Waals surface area contributed by atoms with Crippen molar-refractivity contribution in [2.75, 3.05) is 12.4 Å². The number of thiocarbonyl (C=S) groups is 1. The zero-order valence-corrected chi connectivity index (χ0v) is 13.9. The first-order valence-corrected chi connectivity index (χ1v) is 7.38. The van der Waals surface area contributed by atoms with Crippen LogP contribution in [0.1, 0.15) is 10.4 Å². The van der Waals surface area contributed by atoms with Crippen LogP contribution in [0.4, 0.5) is 5.69 Å². The van der Waals surface area contributed by atoms with Gasteiger partial charge in [0.05, 0.1) is 22.8 Å². The lowest BCUT2D eigenvalue weighted by Gasteiger charge is -2.11. The maximum absolute atomic E-state index is 12.1. The summed E-state index contributed by atoms with van der Waals surface area (Å²) in [7, 11) is 1.50. The molecule has 0 aliphatic carbocycles. The highest BCUT2D eigenvalue weighted by atomic mass is 35.5. The lowest BCUT2D eigenvalue weighted by Crippen LogP contribution is -2.34. The Morgan fingerprint density at radius 3 is 2.50 bits per heavy atom. The Kier molecular flexibility index (Phi) is 5.60. The highest BCUT2D eigenvalue weighted by molar-refractivity contribution is 7.80. The van der Waals surface area contributed by atoms with Crippen LogP contribution in [0.3, 0.4) is 0 Å². The van der Waals surface area contributed by atoms with Gasteiger partial charge in [0.15, 0.2) is 5.11 Å². The fourth-order valence-electron chi connectivity index (χ4n) is 1.70. The Morgan fingerprint density at radius 1 is 1.14 bits per heavy atom. The van der Waals surface area contributed by atoms with Gasteiger partial charge in [-0.05, 0) is 42.5 Å². The van der Waals surface area contributed by atoms with E-state index < -0.39 is 0 Å². The Bertz CT molecular complexity index is 722. The van der Waals surface area contributed by atoms with Crippen LogP contribution in [0.5, 0.6) is 5.75 Å². The second-order valence-corrected chi connectivity index (χ2v) is 5.46. The minimum atomic E-state index is -0.380. The molecule has 0 aromatic heterocycles. The van der Waals surface area contributed by atoms with Crippen molar-refractivity contribution in [3.8, 4) is 5.75 Å². The minimum absolute atomic E-state index is 0.144. The molecule has 0 fully saturated rings. The van der Waals surface area contributed by atoms with E-state index in [4.69, 9.17) is 40.2 Å². The molecule has 2 aromatic carbocycles. The number of carbonyl (C=O) groups is 1. The predicted octanol–water partition coefficient (Wildman–Crippen LogP) is 4.13. The number of benzene rings is 2. The van der Waals surface area contributed by atoms with Crippen molar-refractivity contribution in [3.05, 3.63) is 58.1 Å². The van der Waals surface area contributed by atoms with E-state index >= 15 is 0 Å². The van der Waals surface area contributed by atoms with Crippen LogP contribution in [0.2, 0.25) is 10.0 Å². The van der Waals surface area contributed by atoms with Crippen LogP contribution in [0.15, 0.2) is 42.5 Å². The molecule has 2 rings (SSSR count). The number of hydrogen-bond acceptors (Lipinski definition) is 3. The van der Waals surface area contributed by atoms with E-state index in [2.05, 4.69) is 10.6 Å². The zero-order chi connectivity index (χ0) is 16.1. The van der Waals surface area contributed by atoms with Gasteiger partial charge in [0.25, 0.3) is 5.91 Å². The molecule has 0 radical (unpaired) electrons. The van der Waals surface area contributed by atoms with Crippen molar-refractivity contribution in [2.45, 2.75) is 0 Å². The van der Waals surface area contributed by atoms with Crippen LogP contribution in [0.25, 0.3) is 0 Å². The molecule has 0 unspecified atom stereocenters. The Labute approximate surface area is 143 Å². The maximum atomic E-state index is 12.1. The van der Waals surface area contributed by atoms with E-state index in [0.29, 0.717) is 27.0 Å². The lowest BCUT2D eigenvalue weighted by molar-refractivity contribution is 0.0977. The van der Waals surface area contributed by atoms with E-state index in [1.807, 2.05) is 6.07 Å². The molecule has 0 aliphatic heterocycles. The molecule has 2 aromatic rings. The first-order chi connectivity index (χ1) is 10.5. The van der Waals surface area contributed by atoms with Gasteiger partial charge in [-0.1, -0.05) is 35.3 Å². The number of amides is 1. The first kappa shape index (κ1) is 16.5. The number of halogens is 2. The summed E-state index contributed by atoms with van der Waals surface area (Å²) in [6.45, 7) is 0. The normalized spacial score (nSPS) is 9.95. The average Bonchev–Trinajstić information content (AvgIpc) is 2.49. The average molecular weight is 355 g/mol. The van der Waals surface area contributed by atoms with Crippen molar-refractivity contribution in [3.63, 3.8) is 0 Å². The Hall–Kier alpha value is -1.82. The summed E-state index contributed by atoms with van der Waals surface area (Å²) < 4.78 is 5.04. The molecule has 0 saturated carbocycles. The molecule has 0 atom stereocenters. The molecule has 114 valence electrons. The van der Waals surface area contributed by atoms with Gasteiger partial charge in [0, 0.05) is 5.56 Å². The zero-order valence-electron chi connectivity index (χ0n) is 11.5. The van der Waals surface area contributed by atoms with E-state index in [-0.39, 0.29) is 11.0 Å². The van der Waals surface area contributed by atoms with Crippen LogP contribution in [-0.4, -0.2) is 18.1 Å². The summed E-state index contributed by atoms with van der Waals surface area (Å²) >= 11 is 17.1. The van der Waals surface area contributed by atoms with Gasteiger partial charge in [0.2, 0.25) is 0 Å². The number of nitrogens with one attached hydrogen (secondary N) is 2. The molecular weight excluding hydrogens is 343 g/mol. The highest BCUT2D eigenvalue weighted by Crippen LogP contribution is 2.25. The van der Waals surface area contributed by atoms with Crippen molar-refractivity contribution in [2.24, 2.45) is 0 Å². The van der Waals surface area contributed by atoms with Gasteiger partial charge in [-0.3, -0.25) is 10.1 Å². The number of anilines is 1. The van der Waals surface area contributed by atoms with Crippen molar-refractivity contribution in [1.82, 2.24) is 5.32 Å². The van der Waals surface area contributed by atoms with Crippen molar-refractivity contribution >= 4 is 52.1 Å². The van der Waals surface area contributed by atoms with Crippen LogP contribution in [-0.2, 0) is 0 Å². The summed E-state index contributed by atoms with van der Waals surface area (Å²) in [5.41, 5.74) is 0.983. The third-order valence-corrected chi connectivity index (χ3v) is 3.59. The number of ether oxygens (including phenoxy) is 1. The number of hydrogen-bond donors (Lipinski definition) is 2. The smallest absolute Gasteiger partial charge is 0.257 e. The monoisotopic (exact) mass is 354 g/mol. The fourth-order valence-corrected chi connectivity index (χ4v) is 2.34. The second-order valence-electron chi connectivity index (χ2n) is 4.24. The lowest BCUT2D eigenvalue weighted by atomic mass is 10.2. The standard InChI is InChI=1S/C15H12Cl2N2O2S/c1-21-13-7-6-9(8-11(13)17)14(20)19-15(22)18-12-5-3-2-4-10(12)16/h2-8H,1H3,(H2,18,19,20,22). The van der Waals surface area contributed by atoms with E-state index in [1.54, 1.807) is 30.3 Å². The van der Waals surface area contributed by atoms with E-state index in [1.165, 1.54) is 13.2 Å². The molecule has 0 aliphatic rings. The first-order valence-electron chi connectivity index (χ1n) is 6.21. The summed E-state index contributed by atoms with van der Waals surface area (Å²) in [6.07, 6.45) is 0. The number of carbonyl (C=O) groups excluding carboxylic acids is 1. The molecule has 0 heterocycles. The van der Waals surface area contributed by atoms with E-state index in [0.717, 1.165) is 0 Å². The number of methoxy groups -OCH3 is 1. The van der Waals surface area contributed by atoms with Gasteiger partial charge in [0.1, 0.15) is 5.75 Å². The minimum Gasteiger partial charge on any atom is -0.495 e. The molecule has 22 heavy (non-hydrogen) atoms. The second kappa shape index (κ2) is 7.45. The molecule has 2 N–H and O–H groups in total. The maximum Gasteiger partial charge on any atom is 0.257 e. The molecule has 0 spiro atoms. The largest absolute Gasteiger partial charge is 0.495 e. The molecule has 4 nitrogen and oxygen atoms in total. The van der Waals surface area contributed by atoms with Gasteiger partial charge in [-0.15, -0.1) is 0 Å². The highest BCUT2D eigenvalue weighted by Gasteiger charge is 2.11. The summed E-state index contributed by atoms with van der Waals surface area (Å²) in [5, 5.41) is 6.41. The van der Waals surface area contributed by atoms with Crippen LogP contribution >= 0.6 is 35.4 Å². The molecule has 0 bridgehead atoms. The van der Waals surface area contributed by atoms with Crippen LogP contribution in [0, 0.1) is 0 Å². The van der Waals surface area contributed by atoms with Gasteiger partial charge >= 0.3 is 0 Å². The van der Waals surface area contributed by atoms with Gasteiger partial charge < -0.3 is 10.1 Å². The van der Waals surface area contributed by atoms with Gasteiger partial charge in [-0.2, -0.15) is 0 Å².